The molecule has 0 aromatic carbocycles. The molecule has 0 saturated heterocycles. The average Bonchev–Trinajstić information content (AvgIpc) is 3.12. The molecule has 54 heavy (non-hydrogen) atoms. The molecule has 2 atom stereocenters. The fourth-order valence-corrected chi connectivity index (χ4v) is 6.97. The first-order chi connectivity index (χ1) is 26.0. The highest BCUT2D eigenvalue weighted by Crippen LogP contribution is 2.38. The molecule has 1 unspecified atom stereocenters. The molecule has 0 fully saturated rings. The minimum absolute atomic E-state index is 0.0278. The van der Waals surface area contributed by atoms with Crippen molar-refractivity contribution in [1.29, 1.82) is 0 Å². The highest BCUT2D eigenvalue weighted by atomic mass is 31.2. The normalized spacial score (nSPS) is 13.7. The van der Waals surface area contributed by atoms with E-state index in [2.05, 4.69) is 26.0 Å². The number of rotatable bonds is 41. The molecule has 0 rings (SSSR count). The number of allylic oxidation sites excluding steroid dienone is 2. The van der Waals surface area contributed by atoms with Crippen LogP contribution >= 0.6 is 7.82 Å². The summed E-state index contributed by atoms with van der Waals surface area (Å²) < 4.78 is 33.8. The van der Waals surface area contributed by atoms with Crippen LogP contribution in [0.4, 0.5) is 0 Å². The maximum Gasteiger partial charge on any atom is 0.306 e. The molecule has 0 aliphatic carbocycles. The Balaban J connectivity index is 4.21. The maximum atomic E-state index is 12.7. The fraction of sp³-hybridized carbons (Fsp3) is 0.909. The van der Waals surface area contributed by atoms with Crippen LogP contribution in [-0.2, 0) is 32.7 Å². The standard InChI is InChI=1S/C44H86NO8P/c1-6-8-10-12-14-16-17-18-19-20-21-22-23-24-25-26-27-29-31-33-35-37-44(47)53-42(41-52-54(48,49)51-39-38-45(3,4)5)40-50-43(46)36-34-32-30-28-15-13-11-9-7-2/h18-19,42H,6-17,20-41H2,1-5H3/b19-18+/t42-/m1/s1. The summed E-state index contributed by atoms with van der Waals surface area (Å²) in [5.74, 6) is -0.830. The first-order valence-electron chi connectivity index (χ1n) is 22.4. The minimum atomic E-state index is -4.61. The lowest BCUT2D eigenvalue weighted by Crippen LogP contribution is -2.37. The van der Waals surface area contributed by atoms with Crippen molar-refractivity contribution in [2.75, 3.05) is 47.5 Å². The maximum absolute atomic E-state index is 12.7. The van der Waals surface area contributed by atoms with Crippen molar-refractivity contribution >= 4 is 19.8 Å². The summed E-state index contributed by atoms with van der Waals surface area (Å²) in [5.41, 5.74) is 0. The number of carbonyl (C=O) groups excluding carboxylic acids is 2. The molecule has 0 aliphatic rings. The van der Waals surface area contributed by atoms with Crippen LogP contribution in [0.5, 0.6) is 0 Å². The Morgan fingerprint density at radius 3 is 1.37 bits per heavy atom. The second-order valence-corrected chi connectivity index (χ2v) is 17.8. The zero-order chi connectivity index (χ0) is 40.0. The molecule has 0 aliphatic heterocycles. The van der Waals surface area contributed by atoms with E-state index < -0.39 is 26.5 Å². The van der Waals surface area contributed by atoms with E-state index in [4.69, 9.17) is 18.5 Å². The van der Waals surface area contributed by atoms with Gasteiger partial charge >= 0.3 is 11.9 Å². The van der Waals surface area contributed by atoms with Gasteiger partial charge in [0.15, 0.2) is 6.10 Å². The molecule has 320 valence electrons. The van der Waals surface area contributed by atoms with E-state index in [-0.39, 0.29) is 32.0 Å². The lowest BCUT2D eigenvalue weighted by atomic mass is 10.0. The lowest BCUT2D eigenvalue weighted by molar-refractivity contribution is -0.870. The highest BCUT2D eigenvalue weighted by molar-refractivity contribution is 7.45. The van der Waals surface area contributed by atoms with E-state index in [9.17, 15) is 19.0 Å². The Morgan fingerprint density at radius 1 is 0.556 bits per heavy atom. The second kappa shape index (κ2) is 37.3. The number of esters is 2. The second-order valence-electron chi connectivity index (χ2n) is 16.4. The van der Waals surface area contributed by atoms with Crippen LogP contribution in [0.3, 0.4) is 0 Å². The molecule has 0 radical (unpaired) electrons. The van der Waals surface area contributed by atoms with Crippen LogP contribution in [0.1, 0.15) is 206 Å². The largest absolute Gasteiger partial charge is 0.756 e. The summed E-state index contributed by atoms with van der Waals surface area (Å²) in [6, 6.07) is 0. The third-order valence-electron chi connectivity index (χ3n) is 9.79. The van der Waals surface area contributed by atoms with Gasteiger partial charge in [0.05, 0.1) is 27.7 Å². The van der Waals surface area contributed by atoms with Gasteiger partial charge in [0, 0.05) is 12.8 Å². The molecular weight excluding hydrogens is 701 g/mol. The van der Waals surface area contributed by atoms with Crippen LogP contribution < -0.4 is 4.89 Å². The molecule has 0 N–H and O–H groups in total. The monoisotopic (exact) mass is 788 g/mol. The Hall–Kier alpha value is -1.25. The predicted molar refractivity (Wildman–Crippen MR) is 222 cm³/mol. The minimum Gasteiger partial charge on any atom is -0.756 e. The summed E-state index contributed by atoms with van der Waals surface area (Å²) >= 11 is 0. The van der Waals surface area contributed by atoms with Crippen molar-refractivity contribution in [1.82, 2.24) is 0 Å². The van der Waals surface area contributed by atoms with Gasteiger partial charge in [-0.15, -0.1) is 0 Å². The van der Waals surface area contributed by atoms with Gasteiger partial charge in [-0.2, -0.15) is 0 Å². The Bertz CT molecular complexity index is 938. The number of carbonyl (C=O) groups is 2. The zero-order valence-corrected chi connectivity index (χ0v) is 36.8. The van der Waals surface area contributed by atoms with Crippen molar-refractivity contribution < 1.29 is 42.1 Å². The topological polar surface area (TPSA) is 111 Å². The van der Waals surface area contributed by atoms with Gasteiger partial charge in [-0.1, -0.05) is 167 Å². The molecule has 0 bridgehead atoms. The van der Waals surface area contributed by atoms with Gasteiger partial charge in [0.2, 0.25) is 0 Å². The molecule has 0 aromatic heterocycles. The summed E-state index contributed by atoms with van der Waals surface area (Å²) in [6.07, 6.45) is 38.2. The van der Waals surface area contributed by atoms with E-state index in [1.165, 1.54) is 135 Å². The number of unbranched alkanes of at least 4 members (excludes halogenated alkanes) is 25. The summed E-state index contributed by atoms with van der Waals surface area (Å²) in [4.78, 5) is 37.4. The number of ether oxygens (including phenoxy) is 2. The number of phosphoric acid groups is 1. The van der Waals surface area contributed by atoms with E-state index in [1.807, 2.05) is 21.1 Å². The van der Waals surface area contributed by atoms with Crippen LogP contribution in [-0.4, -0.2) is 70.0 Å². The third-order valence-corrected chi connectivity index (χ3v) is 10.7. The van der Waals surface area contributed by atoms with Crippen LogP contribution in [0.2, 0.25) is 0 Å². The van der Waals surface area contributed by atoms with E-state index in [0.29, 0.717) is 17.4 Å². The van der Waals surface area contributed by atoms with Gasteiger partial charge in [-0.05, 0) is 38.5 Å². The van der Waals surface area contributed by atoms with Crippen LogP contribution in [0.25, 0.3) is 0 Å². The number of nitrogens with zero attached hydrogens (tertiary/aromatic N) is 1. The first kappa shape index (κ1) is 52.8. The average molecular weight is 788 g/mol. The third kappa shape index (κ3) is 40.4. The number of quaternary nitrogens is 1. The van der Waals surface area contributed by atoms with Gasteiger partial charge in [0.25, 0.3) is 7.82 Å². The Morgan fingerprint density at radius 2 is 0.944 bits per heavy atom. The fourth-order valence-electron chi connectivity index (χ4n) is 6.24. The van der Waals surface area contributed by atoms with Gasteiger partial charge < -0.3 is 27.9 Å². The molecule has 0 saturated carbocycles. The molecule has 9 nitrogen and oxygen atoms in total. The quantitative estimate of drug-likeness (QED) is 0.0198. The lowest BCUT2D eigenvalue weighted by Gasteiger charge is -2.28. The molecular formula is C44H86NO8P. The Labute approximate surface area is 333 Å². The van der Waals surface area contributed by atoms with Gasteiger partial charge in [-0.25, -0.2) is 0 Å². The van der Waals surface area contributed by atoms with E-state index in [1.54, 1.807) is 0 Å². The number of hydrogen-bond donors (Lipinski definition) is 0. The molecule has 0 aromatic rings. The van der Waals surface area contributed by atoms with Crippen molar-refractivity contribution in [2.24, 2.45) is 0 Å². The van der Waals surface area contributed by atoms with Gasteiger partial charge in [-0.3, -0.25) is 14.2 Å². The summed E-state index contributed by atoms with van der Waals surface area (Å²) in [7, 11) is 1.17. The number of hydrogen-bond acceptors (Lipinski definition) is 8. The van der Waals surface area contributed by atoms with Crippen molar-refractivity contribution in [2.45, 2.75) is 213 Å². The SMILES string of the molecule is CCCCCCCC/C=C/CCCCCCCCCCCCCC(=O)O[C@H](COC(=O)CCCCCCCCCCC)COP(=O)([O-])OCC[N+](C)(C)C. The van der Waals surface area contributed by atoms with Crippen molar-refractivity contribution in [3.05, 3.63) is 12.2 Å². The van der Waals surface area contributed by atoms with E-state index >= 15 is 0 Å². The first-order valence-corrected chi connectivity index (χ1v) is 23.9. The highest BCUT2D eigenvalue weighted by Gasteiger charge is 2.21. The molecule has 0 spiro atoms. The smallest absolute Gasteiger partial charge is 0.306 e. The summed E-state index contributed by atoms with van der Waals surface area (Å²) in [5, 5.41) is 0. The molecule has 0 amide bonds. The van der Waals surface area contributed by atoms with Crippen molar-refractivity contribution in [3.63, 3.8) is 0 Å². The zero-order valence-electron chi connectivity index (χ0n) is 35.9. The summed E-state index contributed by atoms with van der Waals surface area (Å²) in [6.45, 7) is 4.22. The predicted octanol–water partition coefficient (Wildman–Crippen LogP) is 11.9. The van der Waals surface area contributed by atoms with E-state index in [0.717, 1.165) is 38.5 Å². The van der Waals surface area contributed by atoms with Crippen LogP contribution in [0, 0.1) is 0 Å². The number of likely N-dealkylation sites (N-methyl/N-ethyl adjacent to an activating group) is 1. The van der Waals surface area contributed by atoms with Gasteiger partial charge in [0.1, 0.15) is 19.8 Å². The van der Waals surface area contributed by atoms with Crippen LogP contribution in [0.15, 0.2) is 12.2 Å². The molecule has 10 heteroatoms. The Kier molecular flexibility index (Phi) is 36.5. The molecule has 0 heterocycles. The van der Waals surface area contributed by atoms with Crippen molar-refractivity contribution in [3.8, 4) is 0 Å². The number of phosphoric ester groups is 1.